The maximum atomic E-state index is 13.8. The quantitative estimate of drug-likeness (QED) is 0.804. The molecule has 0 aliphatic rings. The lowest BCUT2D eigenvalue weighted by Crippen LogP contribution is -2.23. The molecule has 0 unspecified atom stereocenters. The maximum Gasteiger partial charge on any atom is 0.165 e. The van der Waals surface area contributed by atoms with Gasteiger partial charge in [-0.25, -0.2) is 4.39 Å². The molecule has 0 spiro atoms. The molecule has 22 heavy (non-hydrogen) atoms. The van der Waals surface area contributed by atoms with Crippen molar-refractivity contribution in [3.63, 3.8) is 0 Å². The van der Waals surface area contributed by atoms with Gasteiger partial charge in [0.15, 0.2) is 11.6 Å². The minimum Gasteiger partial charge on any atom is -0.494 e. The van der Waals surface area contributed by atoms with Gasteiger partial charge in [0, 0.05) is 18.8 Å². The third kappa shape index (κ3) is 3.76. The van der Waals surface area contributed by atoms with E-state index in [0.29, 0.717) is 12.1 Å². The van der Waals surface area contributed by atoms with E-state index in [-0.39, 0.29) is 11.6 Å². The maximum absolute atomic E-state index is 13.8. The van der Waals surface area contributed by atoms with Crippen molar-refractivity contribution in [3.8, 4) is 11.8 Å². The van der Waals surface area contributed by atoms with Gasteiger partial charge in [-0.3, -0.25) is 0 Å². The molecule has 0 aromatic heterocycles. The molecule has 0 fully saturated rings. The van der Waals surface area contributed by atoms with Crippen molar-refractivity contribution in [2.75, 3.05) is 18.6 Å². The molecular formula is C18H19FN2O. The van der Waals surface area contributed by atoms with Crippen LogP contribution in [0, 0.1) is 17.1 Å². The number of benzene rings is 2. The number of nitrogens with zero attached hydrogens (tertiary/aromatic N) is 2. The minimum absolute atomic E-state index is 0.254. The van der Waals surface area contributed by atoms with Gasteiger partial charge in [-0.2, -0.15) is 5.26 Å². The SMILES string of the molecule is CCCN(Cc1ccc(OC)c(F)c1)c1ccc(C#N)cc1. The molecule has 2 aromatic carbocycles. The predicted molar refractivity (Wildman–Crippen MR) is 85.5 cm³/mol. The van der Waals surface area contributed by atoms with Crippen molar-refractivity contribution in [2.24, 2.45) is 0 Å². The average molecular weight is 298 g/mol. The number of anilines is 1. The molecule has 114 valence electrons. The van der Waals surface area contributed by atoms with Crippen molar-refractivity contribution >= 4 is 5.69 Å². The molecule has 0 aliphatic heterocycles. The normalized spacial score (nSPS) is 10.1. The summed E-state index contributed by atoms with van der Waals surface area (Å²) >= 11 is 0. The predicted octanol–water partition coefficient (Wildman–Crippen LogP) is 4.12. The second kappa shape index (κ2) is 7.46. The Labute approximate surface area is 130 Å². The Balaban J connectivity index is 2.21. The number of ether oxygens (including phenoxy) is 1. The topological polar surface area (TPSA) is 36.3 Å². The molecule has 0 saturated carbocycles. The third-order valence-electron chi connectivity index (χ3n) is 3.44. The lowest BCUT2D eigenvalue weighted by Gasteiger charge is -2.24. The molecule has 0 N–H and O–H groups in total. The van der Waals surface area contributed by atoms with Gasteiger partial charge in [0.2, 0.25) is 0 Å². The van der Waals surface area contributed by atoms with Crippen LogP contribution in [-0.4, -0.2) is 13.7 Å². The van der Waals surface area contributed by atoms with Crippen LogP contribution in [0.5, 0.6) is 5.75 Å². The zero-order valence-corrected chi connectivity index (χ0v) is 12.8. The molecule has 0 amide bonds. The van der Waals surface area contributed by atoms with E-state index in [1.807, 2.05) is 18.2 Å². The Morgan fingerprint density at radius 2 is 1.91 bits per heavy atom. The molecule has 2 rings (SSSR count). The molecule has 0 radical (unpaired) electrons. The molecule has 0 atom stereocenters. The van der Waals surface area contributed by atoms with Crippen LogP contribution in [0.2, 0.25) is 0 Å². The monoisotopic (exact) mass is 298 g/mol. The fourth-order valence-corrected chi connectivity index (χ4v) is 2.34. The first-order chi connectivity index (χ1) is 10.7. The van der Waals surface area contributed by atoms with E-state index in [2.05, 4.69) is 17.9 Å². The van der Waals surface area contributed by atoms with Gasteiger partial charge in [-0.05, 0) is 48.4 Å². The van der Waals surface area contributed by atoms with Gasteiger partial charge in [0.1, 0.15) is 0 Å². The van der Waals surface area contributed by atoms with Crippen LogP contribution in [0.3, 0.4) is 0 Å². The first kappa shape index (κ1) is 15.8. The number of rotatable bonds is 6. The van der Waals surface area contributed by atoms with E-state index in [0.717, 1.165) is 24.2 Å². The van der Waals surface area contributed by atoms with Gasteiger partial charge in [0.05, 0.1) is 18.7 Å². The molecule has 4 heteroatoms. The van der Waals surface area contributed by atoms with Crippen molar-refractivity contribution < 1.29 is 9.13 Å². The van der Waals surface area contributed by atoms with Crippen LogP contribution >= 0.6 is 0 Å². The second-order valence-electron chi connectivity index (χ2n) is 5.05. The van der Waals surface area contributed by atoms with Crippen LogP contribution < -0.4 is 9.64 Å². The Kier molecular flexibility index (Phi) is 5.37. The van der Waals surface area contributed by atoms with Crippen LogP contribution in [0.1, 0.15) is 24.5 Å². The van der Waals surface area contributed by atoms with E-state index >= 15 is 0 Å². The van der Waals surface area contributed by atoms with Crippen molar-refractivity contribution in [2.45, 2.75) is 19.9 Å². The largest absolute Gasteiger partial charge is 0.494 e. The molecule has 3 nitrogen and oxygen atoms in total. The highest BCUT2D eigenvalue weighted by molar-refractivity contribution is 5.50. The molecule has 0 saturated heterocycles. The van der Waals surface area contributed by atoms with E-state index in [9.17, 15) is 4.39 Å². The van der Waals surface area contributed by atoms with Crippen LogP contribution in [0.4, 0.5) is 10.1 Å². The summed E-state index contributed by atoms with van der Waals surface area (Å²) in [6.45, 7) is 3.57. The highest BCUT2D eigenvalue weighted by atomic mass is 19.1. The van der Waals surface area contributed by atoms with Crippen LogP contribution in [0.15, 0.2) is 42.5 Å². The number of nitriles is 1. The van der Waals surface area contributed by atoms with E-state index in [1.54, 1.807) is 18.2 Å². The number of hydrogen-bond acceptors (Lipinski definition) is 3. The summed E-state index contributed by atoms with van der Waals surface area (Å²) in [5.41, 5.74) is 2.55. The zero-order valence-electron chi connectivity index (χ0n) is 12.8. The first-order valence-electron chi connectivity index (χ1n) is 7.25. The summed E-state index contributed by atoms with van der Waals surface area (Å²) in [5.74, 6) is -0.0968. The lowest BCUT2D eigenvalue weighted by molar-refractivity contribution is 0.386. The summed E-state index contributed by atoms with van der Waals surface area (Å²) in [4.78, 5) is 2.17. The Hall–Kier alpha value is -2.54. The fourth-order valence-electron chi connectivity index (χ4n) is 2.34. The Morgan fingerprint density at radius 3 is 2.45 bits per heavy atom. The molecule has 0 bridgehead atoms. The van der Waals surface area contributed by atoms with Gasteiger partial charge < -0.3 is 9.64 Å². The van der Waals surface area contributed by atoms with Crippen molar-refractivity contribution in [1.82, 2.24) is 0 Å². The van der Waals surface area contributed by atoms with E-state index in [1.165, 1.54) is 13.2 Å². The van der Waals surface area contributed by atoms with E-state index in [4.69, 9.17) is 10.00 Å². The van der Waals surface area contributed by atoms with Gasteiger partial charge in [0.25, 0.3) is 0 Å². The standard InChI is InChI=1S/C18H19FN2O/c1-3-10-21(16-7-4-14(12-20)5-8-16)13-15-6-9-18(22-2)17(19)11-15/h4-9,11H,3,10,13H2,1-2H3. The lowest BCUT2D eigenvalue weighted by atomic mass is 10.1. The molecule has 0 heterocycles. The number of hydrogen-bond donors (Lipinski definition) is 0. The molecule has 2 aromatic rings. The highest BCUT2D eigenvalue weighted by Crippen LogP contribution is 2.22. The third-order valence-corrected chi connectivity index (χ3v) is 3.44. The zero-order chi connectivity index (χ0) is 15.9. The summed E-state index contributed by atoms with van der Waals surface area (Å²) < 4.78 is 18.8. The average Bonchev–Trinajstić information content (AvgIpc) is 2.55. The Bertz CT molecular complexity index is 662. The highest BCUT2D eigenvalue weighted by Gasteiger charge is 2.09. The van der Waals surface area contributed by atoms with Crippen LogP contribution in [-0.2, 0) is 6.54 Å². The summed E-state index contributed by atoms with van der Waals surface area (Å²) in [6.07, 6.45) is 0.985. The van der Waals surface area contributed by atoms with Gasteiger partial charge in [-0.1, -0.05) is 13.0 Å². The first-order valence-corrected chi connectivity index (χ1v) is 7.25. The fraction of sp³-hybridized carbons (Fsp3) is 0.278. The van der Waals surface area contributed by atoms with Gasteiger partial charge in [-0.15, -0.1) is 0 Å². The minimum atomic E-state index is -0.351. The summed E-state index contributed by atoms with van der Waals surface area (Å²) in [7, 11) is 1.46. The molecule has 0 aliphatic carbocycles. The smallest absolute Gasteiger partial charge is 0.165 e. The van der Waals surface area contributed by atoms with Gasteiger partial charge >= 0.3 is 0 Å². The van der Waals surface area contributed by atoms with Crippen molar-refractivity contribution in [1.29, 1.82) is 5.26 Å². The number of methoxy groups -OCH3 is 1. The summed E-state index contributed by atoms with van der Waals surface area (Å²) in [5, 5.41) is 8.87. The number of halogens is 1. The second-order valence-corrected chi connectivity index (χ2v) is 5.05. The summed E-state index contributed by atoms with van der Waals surface area (Å²) in [6, 6.07) is 14.6. The van der Waals surface area contributed by atoms with Crippen molar-refractivity contribution in [3.05, 3.63) is 59.4 Å². The van der Waals surface area contributed by atoms with Crippen LogP contribution in [0.25, 0.3) is 0 Å². The van der Waals surface area contributed by atoms with E-state index < -0.39 is 0 Å². The Morgan fingerprint density at radius 1 is 1.18 bits per heavy atom. The molecular weight excluding hydrogens is 279 g/mol.